The van der Waals surface area contributed by atoms with Crippen molar-refractivity contribution in [2.24, 2.45) is 0 Å². The van der Waals surface area contributed by atoms with Crippen LogP contribution < -0.4 is 4.72 Å². The van der Waals surface area contributed by atoms with Crippen LogP contribution in [0, 0.1) is 0 Å². The lowest BCUT2D eigenvalue weighted by Gasteiger charge is -2.07. The standard InChI is InChI=1S/C11H8BrNO4S2/c12-7-2-1-3-8(6-7)19(16,17)13-9-4-5-18-10(9)11(14)15/h1-6,13H,(H,14,15). The van der Waals surface area contributed by atoms with E-state index in [2.05, 4.69) is 20.7 Å². The first-order valence-electron chi connectivity index (χ1n) is 4.99. The maximum absolute atomic E-state index is 12.1. The van der Waals surface area contributed by atoms with Gasteiger partial charge >= 0.3 is 5.97 Å². The monoisotopic (exact) mass is 361 g/mol. The number of rotatable bonds is 4. The lowest BCUT2D eigenvalue weighted by atomic mass is 10.4. The van der Waals surface area contributed by atoms with E-state index in [-0.39, 0.29) is 15.5 Å². The van der Waals surface area contributed by atoms with Crippen LogP contribution in [0.1, 0.15) is 9.67 Å². The van der Waals surface area contributed by atoms with E-state index in [1.807, 2.05) is 0 Å². The summed E-state index contributed by atoms with van der Waals surface area (Å²) >= 11 is 4.15. The van der Waals surface area contributed by atoms with Gasteiger partial charge in [-0.3, -0.25) is 4.72 Å². The minimum atomic E-state index is -3.80. The fourth-order valence-electron chi connectivity index (χ4n) is 1.39. The van der Waals surface area contributed by atoms with Gasteiger partial charge in [0.15, 0.2) is 0 Å². The third-order valence-corrected chi connectivity index (χ3v) is 4.97. The molecule has 2 rings (SSSR count). The maximum Gasteiger partial charge on any atom is 0.348 e. The Bertz CT molecular complexity index is 724. The Morgan fingerprint density at radius 1 is 1.32 bits per heavy atom. The van der Waals surface area contributed by atoms with E-state index in [9.17, 15) is 13.2 Å². The predicted molar refractivity (Wildman–Crippen MR) is 76.2 cm³/mol. The molecule has 0 radical (unpaired) electrons. The summed E-state index contributed by atoms with van der Waals surface area (Å²) in [6.45, 7) is 0. The highest BCUT2D eigenvalue weighted by Crippen LogP contribution is 2.25. The Morgan fingerprint density at radius 2 is 2.05 bits per heavy atom. The van der Waals surface area contributed by atoms with Gasteiger partial charge in [0.05, 0.1) is 10.6 Å². The van der Waals surface area contributed by atoms with E-state index in [1.165, 1.54) is 23.6 Å². The van der Waals surface area contributed by atoms with Crippen molar-refractivity contribution in [2.45, 2.75) is 4.90 Å². The van der Waals surface area contributed by atoms with Crippen molar-refractivity contribution >= 4 is 48.9 Å². The zero-order chi connectivity index (χ0) is 14.0. The van der Waals surface area contributed by atoms with Gasteiger partial charge in [0.2, 0.25) is 0 Å². The summed E-state index contributed by atoms with van der Waals surface area (Å²) in [6.07, 6.45) is 0. The van der Waals surface area contributed by atoms with Crippen molar-refractivity contribution < 1.29 is 18.3 Å². The molecule has 1 aromatic heterocycles. The molecular formula is C11H8BrNO4S2. The van der Waals surface area contributed by atoms with Gasteiger partial charge in [-0.2, -0.15) is 0 Å². The zero-order valence-corrected chi connectivity index (χ0v) is 12.5. The lowest BCUT2D eigenvalue weighted by Crippen LogP contribution is -2.14. The van der Waals surface area contributed by atoms with Crippen molar-refractivity contribution in [2.75, 3.05) is 4.72 Å². The van der Waals surface area contributed by atoms with Gasteiger partial charge in [0.1, 0.15) is 4.88 Å². The number of carboxylic acid groups (broad SMARTS) is 1. The molecule has 0 saturated heterocycles. The van der Waals surface area contributed by atoms with E-state index in [4.69, 9.17) is 5.11 Å². The van der Waals surface area contributed by atoms with Crippen molar-refractivity contribution in [3.8, 4) is 0 Å². The molecule has 0 saturated carbocycles. The zero-order valence-electron chi connectivity index (χ0n) is 9.33. The summed E-state index contributed by atoms with van der Waals surface area (Å²) in [5.41, 5.74) is 0.0671. The van der Waals surface area contributed by atoms with E-state index < -0.39 is 16.0 Å². The van der Waals surface area contributed by atoms with Gasteiger partial charge in [-0.05, 0) is 29.6 Å². The number of thiophene rings is 1. The molecule has 2 N–H and O–H groups in total. The van der Waals surface area contributed by atoms with Gasteiger partial charge < -0.3 is 5.11 Å². The first-order chi connectivity index (χ1) is 8.90. The van der Waals surface area contributed by atoms with Crippen molar-refractivity contribution in [3.63, 3.8) is 0 Å². The topological polar surface area (TPSA) is 83.5 Å². The van der Waals surface area contributed by atoms with Crippen LogP contribution in [0.2, 0.25) is 0 Å². The van der Waals surface area contributed by atoms with Gasteiger partial charge in [-0.25, -0.2) is 13.2 Å². The van der Waals surface area contributed by atoms with Crippen LogP contribution in [-0.4, -0.2) is 19.5 Å². The number of carboxylic acids is 1. The average Bonchev–Trinajstić information content (AvgIpc) is 2.76. The molecule has 0 atom stereocenters. The van der Waals surface area contributed by atoms with E-state index in [1.54, 1.807) is 12.1 Å². The molecule has 0 aliphatic rings. The third kappa shape index (κ3) is 3.14. The number of aromatic carboxylic acids is 1. The SMILES string of the molecule is O=C(O)c1sccc1NS(=O)(=O)c1cccc(Br)c1. The second kappa shape index (κ2) is 5.32. The van der Waals surface area contributed by atoms with Crippen molar-refractivity contribution in [1.82, 2.24) is 0 Å². The van der Waals surface area contributed by atoms with E-state index in [0.29, 0.717) is 4.47 Å². The summed E-state index contributed by atoms with van der Waals surface area (Å²) < 4.78 is 27.1. The first-order valence-corrected chi connectivity index (χ1v) is 8.15. The molecule has 0 fully saturated rings. The van der Waals surface area contributed by atoms with Crippen LogP contribution in [0.4, 0.5) is 5.69 Å². The first kappa shape index (κ1) is 14.0. The maximum atomic E-state index is 12.1. The number of anilines is 1. The van der Waals surface area contributed by atoms with E-state index in [0.717, 1.165) is 11.3 Å². The Morgan fingerprint density at radius 3 is 2.68 bits per heavy atom. The molecule has 0 spiro atoms. The van der Waals surface area contributed by atoms with Crippen LogP contribution in [0.5, 0.6) is 0 Å². The fourth-order valence-corrected chi connectivity index (χ4v) is 3.81. The second-order valence-corrected chi connectivity index (χ2v) is 7.05. The molecular weight excluding hydrogens is 354 g/mol. The Hall–Kier alpha value is -1.38. The number of carbonyl (C=O) groups is 1. The minimum absolute atomic E-state index is 0.0430. The van der Waals surface area contributed by atoms with Crippen LogP contribution in [0.25, 0.3) is 0 Å². The molecule has 8 heteroatoms. The summed E-state index contributed by atoms with van der Waals surface area (Å²) in [5, 5.41) is 10.5. The molecule has 0 aliphatic heterocycles. The van der Waals surface area contributed by atoms with Crippen LogP contribution in [0.3, 0.4) is 0 Å². The molecule has 0 unspecified atom stereocenters. The Kier molecular flexibility index (Phi) is 3.93. The van der Waals surface area contributed by atoms with Gasteiger partial charge in [-0.15, -0.1) is 11.3 Å². The number of nitrogens with one attached hydrogen (secondary N) is 1. The quantitative estimate of drug-likeness (QED) is 0.876. The van der Waals surface area contributed by atoms with Crippen LogP contribution in [-0.2, 0) is 10.0 Å². The lowest BCUT2D eigenvalue weighted by molar-refractivity contribution is 0.0703. The molecule has 100 valence electrons. The number of hydrogen-bond donors (Lipinski definition) is 2. The summed E-state index contributed by atoms with van der Waals surface area (Å²) in [5.74, 6) is -1.16. The van der Waals surface area contributed by atoms with Gasteiger partial charge in [0.25, 0.3) is 10.0 Å². The summed E-state index contributed by atoms with van der Waals surface area (Å²) in [4.78, 5) is 10.9. The van der Waals surface area contributed by atoms with Crippen LogP contribution in [0.15, 0.2) is 45.1 Å². The Labute approximate surface area is 122 Å². The smallest absolute Gasteiger partial charge is 0.348 e. The number of halogens is 1. The highest BCUT2D eigenvalue weighted by molar-refractivity contribution is 9.10. The molecule has 0 aliphatic carbocycles. The largest absolute Gasteiger partial charge is 0.477 e. The normalized spacial score (nSPS) is 11.2. The summed E-state index contributed by atoms with van der Waals surface area (Å²) in [7, 11) is -3.80. The molecule has 0 amide bonds. The molecule has 5 nitrogen and oxygen atoms in total. The summed E-state index contributed by atoms with van der Waals surface area (Å²) in [6, 6.07) is 7.58. The molecule has 2 aromatic rings. The molecule has 0 bridgehead atoms. The van der Waals surface area contributed by atoms with E-state index >= 15 is 0 Å². The van der Waals surface area contributed by atoms with Gasteiger partial charge in [0, 0.05) is 4.47 Å². The highest BCUT2D eigenvalue weighted by atomic mass is 79.9. The Balaban J connectivity index is 2.37. The number of hydrogen-bond acceptors (Lipinski definition) is 4. The third-order valence-electron chi connectivity index (χ3n) is 2.21. The fraction of sp³-hybridized carbons (Fsp3) is 0. The number of benzene rings is 1. The second-order valence-electron chi connectivity index (χ2n) is 3.53. The predicted octanol–water partition coefficient (Wildman–Crippen LogP) is 3.01. The number of sulfonamides is 1. The highest BCUT2D eigenvalue weighted by Gasteiger charge is 2.19. The molecule has 19 heavy (non-hydrogen) atoms. The van der Waals surface area contributed by atoms with Crippen LogP contribution >= 0.6 is 27.3 Å². The van der Waals surface area contributed by atoms with Gasteiger partial charge in [-0.1, -0.05) is 22.0 Å². The van der Waals surface area contributed by atoms with Crippen molar-refractivity contribution in [1.29, 1.82) is 0 Å². The molecule has 1 heterocycles. The molecule has 1 aromatic carbocycles. The average molecular weight is 362 g/mol. The van der Waals surface area contributed by atoms with Crippen molar-refractivity contribution in [3.05, 3.63) is 45.1 Å². The minimum Gasteiger partial charge on any atom is -0.477 e.